The molecule has 5 atom stereocenters. The molecular formula is C19H19BrF3N3O4S. The molecular weight excluding hydrogens is 503 g/mol. The summed E-state index contributed by atoms with van der Waals surface area (Å²) in [5, 5.41) is 33.5. The molecule has 0 aliphatic carbocycles. The summed E-state index contributed by atoms with van der Waals surface area (Å²) in [5.74, 6) is -4.43. The second-order valence-corrected chi connectivity index (χ2v) is 8.80. The van der Waals surface area contributed by atoms with Gasteiger partial charge in [-0.25, -0.2) is 13.2 Å². The van der Waals surface area contributed by atoms with E-state index in [0.29, 0.717) is 9.37 Å². The molecule has 0 spiro atoms. The first kappa shape index (κ1) is 23.8. The van der Waals surface area contributed by atoms with Crippen molar-refractivity contribution in [3.8, 4) is 0 Å². The summed E-state index contributed by atoms with van der Waals surface area (Å²) in [7, 11) is 0. The Morgan fingerprint density at radius 3 is 2.48 bits per heavy atom. The zero-order valence-corrected chi connectivity index (χ0v) is 18.2. The topological polar surface area (TPSA) is 121 Å². The SMILES string of the molecule is N/C(=C\N[C@@H]1C(O)C(CO)OC(Sc2cncc(Br)c2)C1O)c1cc(F)c(F)c(F)c1. The molecule has 2 aromatic rings. The maximum atomic E-state index is 13.4. The lowest BCUT2D eigenvalue weighted by Crippen LogP contribution is -2.62. The van der Waals surface area contributed by atoms with E-state index in [1.807, 2.05) is 0 Å². The van der Waals surface area contributed by atoms with Gasteiger partial charge in [0.2, 0.25) is 0 Å². The lowest BCUT2D eigenvalue weighted by atomic mass is 9.97. The summed E-state index contributed by atoms with van der Waals surface area (Å²) in [6.45, 7) is -0.520. The molecule has 31 heavy (non-hydrogen) atoms. The summed E-state index contributed by atoms with van der Waals surface area (Å²) in [6, 6.07) is 2.15. The van der Waals surface area contributed by atoms with E-state index in [9.17, 15) is 28.5 Å². The van der Waals surface area contributed by atoms with Crippen molar-refractivity contribution >= 4 is 33.4 Å². The quantitative estimate of drug-likeness (QED) is 0.364. The van der Waals surface area contributed by atoms with Gasteiger partial charge in [0.1, 0.15) is 23.7 Å². The summed E-state index contributed by atoms with van der Waals surface area (Å²) >= 11 is 4.42. The highest BCUT2D eigenvalue weighted by molar-refractivity contribution is 9.10. The molecule has 7 nitrogen and oxygen atoms in total. The number of benzene rings is 1. The van der Waals surface area contributed by atoms with Gasteiger partial charge in [-0.05, 0) is 34.1 Å². The van der Waals surface area contributed by atoms with Gasteiger partial charge in [0.25, 0.3) is 0 Å². The van der Waals surface area contributed by atoms with Crippen LogP contribution in [0.15, 0.2) is 46.2 Å². The van der Waals surface area contributed by atoms with Crippen LogP contribution in [0.25, 0.3) is 5.70 Å². The molecule has 2 heterocycles. The smallest absolute Gasteiger partial charge is 0.194 e. The van der Waals surface area contributed by atoms with Crippen molar-refractivity contribution in [3.05, 3.63) is 64.3 Å². The number of rotatable bonds is 6. The average molecular weight is 522 g/mol. The minimum absolute atomic E-state index is 0.134. The number of hydrogen-bond acceptors (Lipinski definition) is 8. The first-order chi connectivity index (χ1) is 14.7. The fourth-order valence-corrected chi connectivity index (χ4v) is 4.57. The monoisotopic (exact) mass is 521 g/mol. The van der Waals surface area contributed by atoms with Crippen molar-refractivity contribution in [1.82, 2.24) is 10.3 Å². The van der Waals surface area contributed by atoms with Crippen LogP contribution in [0.3, 0.4) is 0 Å². The van der Waals surface area contributed by atoms with Crippen LogP contribution < -0.4 is 11.1 Å². The second kappa shape index (κ2) is 10.2. The Morgan fingerprint density at radius 1 is 1.19 bits per heavy atom. The van der Waals surface area contributed by atoms with Gasteiger partial charge in [-0.3, -0.25) is 4.98 Å². The molecule has 1 aliphatic heterocycles. The number of thioether (sulfide) groups is 1. The Balaban J connectivity index is 1.80. The van der Waals surface area contributed by atoms with Crippen LogP contribution in [0.2, 0.25) is 0 Å². The van der Waals surface area contributed by atoms with Crippen molar-refractivity contribution in [3.63, 3.8) is 0 Å². The van der Waals surface area contributed by atoms with Crippen molar-refractivity contribution in [1.29, 1.82) is 0 Å². The van der Waals surface area contributed by atoms with Crippen LogP contribution in [0.4, 0.5) is 13.2 Å². The fourth-order valence-electron chi connectivity index (χ4n) is 2.96. The van der Waals surface area contributed by atoms with Crippen LogP contribution in [0.5, 0.6) is 0 Å². The van der Waals surface area contributed by atoms with E-state index >= 15 is 0 Å². The number of nitrogens with zero attached hydrogens (tertiary/aromatic N) is 1. The van der Waals surface area contributed by atoms with Crippen LogP contribution in [0, 0.1) is 17.5 Å². The van der Waals surface area contributed by atoms with Crippen LogP contribution in [0.1, 0.15) is 5.56 Å². The highest BCUT2D eigenvalue weighted by Gasteiger charge is 2.44. The van der Waals surface area contributed by atoms with E-state index in [4.69, 9.17) is 10.5 Å². The molecule has 1 aromatic carbocycles. The number of halogens is 4. The standard InChI is InChI=1S/C19H19BrF3N3O4S/c20-9-3-10(5-25-4-9)31-19-18(29)16(17(28)14(7-27)30-19)26-6-13(24)8-1-11(21)15(23)12(22)2-8/h1-6,14,16-19,26-29H,7,24H2/b13-6-/t14?,16-,17?,18?,19?/m1/s1. The van der Waals surface area contributed by atoms with Gasteiger partial charge < -0.3 is 31.1 Å². The normalized spacial score (nSPS) is 26.7. The Bertz CT molecular complexity index is 948. The molecule has 1 aliphatic rings. The van der Waals surface area contributed by atoms with E-state index in [1.54, 1.807) is 18.5 Å². The lowest BCUT2D eigenvalue weighted by Gasteiger charge is -2.42. The first-order valence-electron chi connectivity index (χ1n) is 8.97. The molecule has 12 heteroatoms. The third-order valence-electron chi connectivity index (χ3n) is 4.56. The molecule has 0 saturated carbocycles. The van der Waals surface area contributed by atoms with E-state index < -0.39 is 53.8 Å². The zero-order chi connectivity index (χ0) is 22.7. The minimum atomic E-state index is -1.62. The fraction of sp³-hybridized carbons (Fsp3) is 0.316. The van der Waals surface area contributed by atoms with Gasteiger partial charge in [0, 0.05) is 33.5 Å². The Kier molecular flexibility index (Phi) is 7.83. The lowest BCUT2D eigenvalue weighted by molar-refractivity contribution is -0.164. The molecule has 1 aromatic heterocycles. The van der Waals surface area contributed by atoms with Crippen molar-refractivity contribution in [2.45, 2.75) is 34.7 Å². The highest BCUT2D eigenvalue weighted by atomic mass is 79.9. The number of aliphatic hydroxyl groups excluding tert-OH is 3. The molecule has 6 N–H and O–H groups in total. The number of aliphatic hydroxyl groups is 3. The molecule has 0 amide bonds. The molecule has 0 radical (unpaired) electrons. The van der Waals surface area contributed by atoms with Crippen molar-refractivity contribution in [2.24, 2.45) is 5.73 Å². The molecule has 1 saturated heterocycles. The highest BCUT2D eigenvalue weighted by Crippen LogP contribution is 2.34. The minimum Gasteiger partial charge on any atom is -0.397 e. The van der Waals surface area contributed by atoms with Gasteiger partial charge in [0.05, 0.1) is 18.3 Å². The van der Waals surface area contributed by atoms with Crippen molar-refractivity contribution in [2.75, 3.05) is 6.61 Å². The third-order valence-corrected chi connectivity index (χ3v) is 6.12. The maximum Gasteiger partial charge on any atom is 0.194 e. The van der Waals surface area contributed by atoms with E-state index in [2.05, 4.69) is 26.2 Å². The van der Waals surface area contributed by atoms with Crippen LogP contribution in [-0.2, 0) is 4.74 Å². The van der Waals surface area contributed by atoms with E-state index in [-0.39, 0.29) is 11.3 Å². The van der Waals surface area contributed by atoms with Gasteiger partial charge >= 0.3 is 0 Å². The summed E-state index contributed by atoms with van der Waals surface area (Å²) in [5.41, 5.74) is 4.63. The zero-order valence-electron chi connectivity index (χ0n) is 15.8. The summed E-state index contributed by atoms with van der Waals surface area (Å²) in [4.78, 5) is 4.69. The van der Waals surface area contributed by atoms with Gasteiger partial charge in [-0.1, -0.05) is 11.8 Å². The predicted octanol–water partition coefficient (Wildman–Crippen LogP) is 1.71. The third kappa shape index (κ3) is 5.51. The Morgan fingerprint density at radius 2 is 1.87 bits per heavy atom. The van der Waals surface area contributed by atoms with Crippen molar-refractivity contribution < 1.29 is 33.2 Å². The number of nitrogens with one attached hydrogen (secondary N) is 1. The Labute approximate surface area is 188 Å². The van der Waals surface area contributed by atoms with Crippen LogP contribution >= 0.6 is 27.7 Å². The molecule has 3 rings (SSSR count). The molecule has 4 unspecified atom stereocenters. The number of pyridine rings is 1. The number of aromatic nitrogens is 1. The molecule has 168 valence electrons. The van der Waals surface area contributed by atoms with Gasteiger partial charge in [0.15, 0.2) is 17.5 Å². The largest absolute Gasteiger partial charge is 0.397 e. The number of ether oxygens (including phenoxy) is 1. The summed E-state index contributed by atoms with van der Waals surface area (Å²) in [6.07, 6.45) is 0.652. The predicted molar refractivity (Wildman–Crippen MR) is 111 cm³/mol. The molecule has 0 bridgehead atoms. The first-order valence-corrected chi connectivity index (χ1v) is 10.6. The second-order valence-electron chi connectivity index (χ2n) is 6.71. The maximum absolute atomic E-state index is 13.4. The summed E-state index contributed by atoms with van der Waals surface area (Å²) < 4.78 is 46.4. The van der Waals surface area contributed by atoms with Gasteiger partial charge in [-0.2, -0.15) is 0 Å². The van der Waals surface area contributed by atoms with E-state index in [1.165, 1.54) is 0 Å². The molecule has 1 fully saturated rings. The average Bonchev–Trinajstić information content (AvgIpc) is 2.73. The number of nitrogens with two attached hydrogens (primary N) is 1. The van der Waals surface area contributed by atoms with Crippen LogP contribution in [-0.4, -0.2) is 56.7 Å². The number of hydrogen-bond donors (Lipinski definition) is 5. The Hall–Kier alpha value is -1.83. The van der Waals surface area contributed by atoms with Gasteiger partial charge in [-0.15, -0.1) is 0 Å². The van der Waals surface area contributed by atoms with E-state index in [0.717, 1.165) is 30.1 Å².